The van der Waals surface area contributed by atoms with Crippen molar-refractivity contribution in [2.75, 3.05) is 0 Å². The van der Waals surface area contributed by atoms with Crippen molar-refractivity contribution in [3.8, 4) is 0 Å². The molecule has 0 aromatic heterocycles. The molecule has 1 aromatic rings. The lowest BCUT2D eigenvalue weighted by molar-refractivity contribution is -0.153. The van der Waals surface area contributed by atoms with Gasteiger partial charge in [-0.15, -0.1) is 0 Å². The predicted octanol–water partition coefficient (Wildman–Crippen LogP) is 4.85. The summed E-state index contributed by atoms with van der Waals surface area (Å²) in [6, 6.07) is 9.64. The summed E-state index contributed by atoms with van der Waals surface area (Å²) in [5.74, 6) is -0.209. The van der Waals surface area contributed by atoms with E-state index in [-0.39, 0.29) is 5.97 Å². The molecule has 0 amide bonds. The lowest BCUT2D eigenvalue weighted by atomic mass is 9.98. The number of ether oxygens (including phenoxy) is 1. The zero-order chi connectivity index (χ0) is 15.7. The van der Waals surface area contributed by atoms with Gasteiger partial charge in [0.05, 0.1) is 6.42 Å². The van der Waals surface area contributed by atoms with E-state index in [0.717, 1.165) is 24.8 Å². The molecule has 2 heteroatoms. The van der Waals surface area contributed by atoms with E-state index in [9.17, 15) is 4.79 Å². The van der Waals surface area contributed by atoms with E-state index in [2.05, 4.69) is 26.5 Å². The van der Waals surface area contributed by atoms with Gasteiger partial charge in [-0.25, -0.2) is 0 Å². The fourth-order valence-electron chi connectivity index (χ4n) is 2.00. The van der Waals surface area contributed by atoms with Gasteiger partial charge in [-0.05, 0) is 44.7 Å². The van der Waals surface area contributed by atoms with Gasteiger partial charge in [0.25, 0.3) is 0 Å². The molecule has 1 unspecified atom stereocenters. The van der Waals surface area contributed by atoms with E-state index < -0.39 is 5.60 Å². The zero-order valence-corrected chi connectivity index (χ0v) is 13.4. The Morgan fingerprint density at radius 1 is 1.33 bits per heavy atom. The number of rotatable bonds is 8. The first-order valence-electron chi connectivity index (χ1n) is 7.54. The lowest BCUT2D eigenvalue weighted by Crippen LogP contribution is -2.30. The summed E-state index contributed by atoms with van der Waals surface area (Å²) in [6.07, 6.45) is 6.93. The van der Waals surface area contributed by atoms with Crippen LogP contribution in [0, 0.1) is 0 Å². The highest BCUT2D eigenvalue weighted by Gasteiger charge is 2.24. The van der Waals surface area contributed by atoms with Crippen LogP contribution in [-0.2, 0) is 16.0 Å². The highest BCUT2D eigenvalue weighted by molar-refractivity contribution is 5.73. The minimum atomic E-state index is -0.601. The minimum Gasteiger partial charge on any atom is -0.455 e. The average molecular weight is 286 g/mol. The van der Waals surface area contributed by atoms with Gasteiger partial charge in [0.2, 0.25) is 0 Å². The van der Waals surface area contributed by atoms with Crippen LogP contribution >= 0.6 is 0 Å². The molecule has 0 N–H and O–H groups in total. The third-order valence-corrected chi connectivity index (χ3v) is 3.66. The van der Waals surface area contributed by atoms with Gasteiger partial charge in [-0.2, -0.15) is 0 Å². The molecular weight excluding hydrogens is 260 g/mol. The largest absolute Gasteiger partial charge is 0.455 e. The molecule has 0 saturated carbocycles. The molecule has 0 spiro atoms. The normalized spacial score (nSPS) is 14.3. The Hall–Kier alpha value is -1.83. The topological polar surface area (TPSA) is 26.3 Å². The van der Waals surface area contributed by atoms with Crippen LogP contribution in [-0.4, -0.2) is 11.6 Å². The van der Waals surface area contributed by atoms with Crippen LogP contribution in [0.1, 0.15) is 45.6 Å². The molecule has 0 aliphatic rings. The van der Waals surface area contributed by atoms with Crippen molar-refractivity contribution in [3.63, 3.8) is 0 Å². The van der Waals surface area contributed by atoms with Crippen molar-refractivity contribution in [1.82, 2.24) is 0 Å². The second-order valence-corrected chi connectivity index (χ2v) is 5.60. The molecule has 0 heterocycles. The Kier molecular flexibility index (Phi) is 6.93. The van der Waals surface area contributed by atoms with Crippen LogP contribution in [0.25, 0.3) is 0 Å². The summed E-state index contributed by atoms with van der Waals surface area (Å²) in [6.45, 7) is 9.98. The van der Waals surface area contributed by atoms with Crippen molar-refractivity contribution in [1.29, 1.82) is 0 Å². The summed E-state index contributed by atoms with van der Waals surface area (Å²) < 4.78 is 5.62. The smallest absolute Gasteiger partial charge is 0.311 e. The Balaban J connectivity index is 2.55. The van der Waals surface area contributed by atoms with Gasteiger partial charge in [-0.1, -0.05) is 55.5 Å². The first-order chi connectivity index (χ1) is 9.99. The number of carbonyl (C=O) groups excluding carboxylic acids is 1. The Bertz CT molecular complexity index is 488. The predicted molar refractivity (Wildman–Crippen MR) is 88.1 cm³/mol. The fraction of sp³-hybridized carbons (Fsp3) is 0.421. The van der Waals surface area contributed by atoms with Gasteiger partial charge in [0.15, 0.2) is 0 Å². The molecule has 1 atom stereocenters. The molecular formula is C19H26O2. The van der Waals surface area contributed by atoms with Crippen LogP contribution in [0.4, 0.5) is 0 Å². The standard InChI is InChI=1S/C19H26O2/c1-5-16(3)11-10-14-19(4,6-2)21-18(20)15-17-12-8-7-9-13-17/h6-9,11-13H,2,5,10,14-15H2,1,3-4H3. The van der Waals surface area contributed by atoms with Crippen molar-refractivity contribution in [2.24, 2.45) is 0 Å². The van der Waals surface area contributed by atoms with Gasteiger partial charge in [-0.3, -0.25) is 4.79 Å². The lowest BCUT2D eigenvalue weighted by Gasteiger charge is -2.25. The molecule has 114 valence electrons. The molecule has 0 bridgehead atoms. The molecule has 21 heavy (non-hydrogen) atoms. The Morgan fingerprint density at radius 3 is 2.57 bits per heavy atom. The van der Waals surface area contributed by atoms with E-state index >= 15 is 0 Å². The zero-order valence-electron chi connectivity index (χ0n) is 13.4. The maximum atomic E-state index is 12.1. The number of carbonyl (C=O) groups is 1. The molecule has 2 nitrogen and oxygen atoms in total. The summed E-state index contributed by atoms with van der Waals surface area (Å²) in [7, 11) is 0. The van der Waals surface area contributed by atoms with E-state index in [1.165, 1.54) is 5.57 Å². The van der Waals surface area contributed by atoms with Gasteiger partial charge >= 0.3 is 5.97 Å². The highest BCUT2D eigenvalue weighted by atomic mass is 16.6. The third kappa shape index (κ3) is 6.44. The minimum absolute atomic E-state index is 0.209. The van der Waals surface area contributed by atoms with Crippen LogP contribution in [0.2, 0.25) is 0 Å². The molecule has 1 rings (SSSR count). The Labute approximate surface area is 128 Å². The number of hydrogen-bond donors (Lipinski definition) is 0. The van der Waals surface area contributed by atoms with Crippen LogP contribution < -0.4 is 0 Å². The molecule has 0 saturated heterocycles. The van der Waals surface area contributed by atoms with Crippen LogP contribution in [0.3, 0.4) is 0 Å². The van der Waals surface area contributed by atoms with E-state index in [1.807, 2.05) is 37.3 Å². The van der Waals surface area contributed by atoms with Gasteiger partial charge < -0.3 is 4.74 Å². The van der Waals surface area contributed by atoms with Gasteiger partial charge in [0.1, 0.15) is 5.60 Å². The molecule has 0 aliphatic carbocycles. The number of allylic oxidation sites excluding steroid dienone is 2. The van der Waals surface area contributed by atoms with Crippen molar-refractivity contribution >= 4 is 5.97 Å². The highest BCUT2D eigenvalue weighted by Crippen LogP contribution is 2.21. The quantitative estimate of drug-likeness (QED) is 0.504. The Morgan fingerprint density at radius 2 is 2.00 bits per heavy atom. The monoisotopic (exact) mass is 286 g/mol. The maximum Gasteiger partial charge on any atom is 0.311 e. The molecule has 1 aromatic carbocycles. The third-order valence-electron chi connectivity index (χ3n) is 3.66. The first-order valence-corrected chi connectivity index (χ1v) is 7.54. The summed E-state index contributed by atoms with van der Waals surface area (Å²) in [4.78, 5) is 12.1. The van der Waals surface area contributed by atoms with Crippen molar-refractivity contribution in [2.45, 2.75) is 52.1 Å². The van der Waals surface area contributed by atoms with Gasteiger partial charge in [0, 0.05) is 0 Å². The molecule has 0 aliphatic heterocycles. The average Bonchev–Trinajstić information content (AvgIpc) is 2.47. The van der Waals surface area contributed by atoms with E-state index in [1.54, 1.807) is 6.08 Å². The van der Waals surface area contributed by atoms with Crippen molar-refractivity contribution < 1.29 is 9.53 Å². The molecule has 0 radical (unpaired) electrons. The first kappa shape index (κ1) is 17.2. The summed E-state index contributed by atoms with van der Waals surface area (Å²) >= 11 is 0. The van der Waals surface area contributed by atoms with Crippen LogP contribution in [0.5, 0.6) is 0 Å². The number of esters is 1. The fourth-order valence-corrected chi connectivity index (χ4v) is 2.00. The summed E-state index contributed by atoms with van der Waals surface area (Å²) in [5, 5.41) is 0. The SMILES string of the molecule is C=CC(C)(CCC=C(C)CC)OC(=O)Cc1ccccc1. The number of benzene rings is 1. The van der Waals surface area contributed by atoms with E-state index in [4.69, 9.17) is 4.74 Å². The number of hydrogen-bond acceptors (Lipinski definition) is 2. The van der Waals surface area contributed by atoms with E-state index in [0.29, 0.717) is 6.42 Å². The molecule has 0 fully saturated rings. The second kappa shape index (κ2) is 8.46. The second-order valence-electron chi connectivity index (χ2n) is 5.60. The maximum absolute atomic E-state index is 12.1. The van der Waals surface area contributed by atoms with Crippen LogP contribution in [0.15, 0.2) is 54.6 Å². The van der Waals surface area contributed by atoms with Crippen molar-refractivity contribution in [3.05, 3.63) is 60.2 Å². The summed E-state index contributed by atoms with van der Waals surface area (Å²) in [5.41, 5.74) is 1.73.